The molecule has 1 aliphatic carbocycles. The molecule has 2 N–H and O–H groups in total. The van der Waals surface area contributed by atoms with E-state index >= 15 is 0 Å². The molecule has 0 radical (unpaired) electrons. The van der Waals surface area contributed by atoms with E-state index < -0.39 is 0 Å². The highest BCUT2D eigenvalue weighted by Crippen LogP contribution is 2.31. The molecule has 1 aromatic heterocycles. The number of benzene rings is 1. The third-order valence-corrected chi connectivity index (χ3v) is 7.16. The van der Waals surface area contributed by atoms with Crippen LogP contribution in [0.3, 0.4) is 0 Å². The normalized spacial score (nSPS) is 18.8. The summed E-state index contributed by atoms with van der Waals surface area (Å²) in [6.07, 6.45) is 6.62. The summed E-state index contributed by atoms with van der Waals surface area (Å²) in [6.45, 7) is 2.49. The number of hydrogen-bond donors (Lipinski definition) is 2. The predicted octanol–water partition coefficient (Wildman–Crippen LogP) is 0.614. The van der Waals surface area contributed by atoms with Crippen molar-refractivity contribution in [3.05, 3.63) is 35.2 Å². The molecule has 1 fully saturated rings. The molecule has 11 nitrogen and oxygen atoms in total. The van der Waals surface area contributed by atoms with Gasteiger partial charge in [-0.2, -0.15) is 0 Å². The van der Waals surface area contributed by atoms with Gasteiger partial charge in [0.15, 0.2) is 30.2 Å². The van der Waals surface area contributed by atoms with Crippen LogP contribution in [0.4, 0.5) is 11.5 Å². The first kappa shape index (κ1) is 25.9. The number of fused-ring (bicyclic) bond motifs is 2. The van der Waals surface area contributed by atoms with Crippen LogP contribution in [-0.2, 0) is 9.59 Å². The lowest BCUT2D eigenvalue weighted by molar-refractivity contribution is -0.132. The van der Waals surface area contributed by atoms with Crippen molar-refractivity contribution < 1.29 is 19.1 Å². The molecular weight excluding hydrogens is 486 g/mol. The molecule has 1 aromatic carbocycles. The number of amides is 2. The van der Waals surface area contributed by atoms with E-state index in [-0.39, 0.29) is 31.1 Å². The summed E-state index contributed by atoms with van der Waals surface area (Å²) in [6, 6.07) is 5.55. The molecule has 3 heterocycles. The van der Waals surface area contributed by atoms with Gasteiger partial charge < -0.3 is 29.9 Å². The summed E-state index contributed by atoms with van der Waals surface area (Å²) >= 11 is 0. The van der Waals surface area contributed by atoms with E-state index in [1.807, 2.05) is 6.07 Å². The topological polar surface area (TPSA) is 121 Å². The van der Waals surface area contributed by atoms with Gasteiger partial charge in [0.2, 0.25) is 0 Å². The standard InChI is InChI=1S/C27H35N7O4/c1-33-10-5-11-34(2)24(36)16-38-22-12-20(32-27-25-18(14-33)13-28-26(25)29-17-30-27)8-9-21(22)37-15-23(35)31-19-6-3-4-7-19/h8-9,12,17,19H,3-7,10-11,13-16H2,1-2H3,(H,31,35)(H,28,29,30,32). The lowest BCUT2D eigenvalue weighted by atomic mass is 10.2. The minimum absolute atomic E-state index is 0.125. The number of carbonyl (C=O) groups excluding carboxylic acids is 2. The second kappa shape index (κ2) is 11.8. The summed E-state index contributed by atoms with van der Waals surface area (Å²) in [7, 11) is 3.84. The van der Waals surface area contributed by atoms with E-state index in [0.717, 1.165) is 56.0 Å². The maximum absolute atomic E-state index is 12.8. The molecule has 1 saturated carbocycles. The van der Waals surface area contributed by atoms with Crippen LogP contribution < -0.4 is 30.8 Å². The van der Waals surface area contributed by atoms with E-state index in [0.29, 0.717) is 41.6 Å². The van der Waals surface area contributed by atoms with Crippen LogP contribution in [0, 0.1) is 0 Å². The Morgan fingerprint density at radius 3 is 2.87 bits per heavy atom. The first-order valence-electron chi connectivity index (χ1n) is 13.2. The van der Waals surface area contributed by atoms with Crippen molar-refractivity contribution in [3.63, 3.8) is 0 Å². The van der Waals surface area contributed by atoms with Gasteiger partial charge in [-0.25, -0.2) is 9.97 Å². The number of nitrogens with zero attached hydrogens (tertiary/aromatic N) is 5. The van der Waals surface area contributed by atoms with Gasteiger partial charge in [0.25, 0.3) is 11.8 Å². The molecule has 5 rings (SSSR count). The van der Waals surface area contributed by atoms with Crippen molar-refractivity contribution in [2.75, 3.05) is 58.8 Å². The van der Waals surface area contributed by atoms with Crippen LogP contribution in [0.15, 0.2) is 29.5 Å². The molecule has 0 unspecified atom stereocenters. The van der Waals surface area contributed by atoms with Crippen LogP contribution >= 0.6 is 0 Å². The lowest BCUT2D eigenvalue weighted by Gasteiger charge is -2.22. The zero-order valence-corrected chi connectivity index (χ0v) is 22.0. The summed E-state index contributed by atoms with van der Waals surface area (Å²) < 4.78 is 11.8. The Balaban J connectivity index is 1.41. The monoisotopic (exact) mass is 521 g/mol. The molecule has 3 aliphatic rings. The Kier molecular flexibility index (Phi) is 8.02. The number of ether oxygens (including phenoxy) is 2. The minimum atomic E-state index is -0.163. The van der Waals surface area contributed by atoms with Gasteiger partial charge in [0, 0.05) is 37.9 Å². The number of likely N-dealkylation sites (N-methyl/N-ethyl adjacent to an activating group) is 1. The van der Waals surface area contributed by atoms with Gasteiger partial charge >= 0.3 is 0 Å². The van der Waals surface area contributed by atoms with Crippen molar-refractivity contribution >= 4 is 28.9 Å². The summed E-state index contributed by atoms with van der Waals surface area (Å²) in [5, 5.41) is 7.32. The lowest BCUT2D eigenvalue weighted by Crippen LogP contribution is -2.36. The second-order valence-corrected chi connectivity index (χ2v) is 10.2. The van der Waals surface area contributed by atoms with Gasteiger partial charge in [-0.1, -0.05) is 12.8 Å². The Bertz CT molecular complexity index is 1310. The number of nitrogens with one attached hydrogen (secondary N) is 2. The van der Waals surface area contributed by atoms with Crippen molar-refractivity contribution in [1.82, 2.24) is 25.1 Å². The first-order valence-corrected chi connectivity index (χ1v) is 13.2. The minimum Gasteiger partial charge on any atom is -0.480 e. The zero-order valence-electron chi connectivity index (χ0n) is 22.0. The molecule has 2 amide bonds. The molecule has 2 aromatic rings. The van der Waals surface area contributed by atoms with Gasteiger partial charge in [-0.3, -0.25) is 14.6 Å². The quantitative estimate of drug-likeness (QED) is 0.601. The molecule has 2 aliphatic heterocycles. The van der Waals surface area contributed by atoms with Crippen LogP contribution in [0.25, 0.3) is 5.57 Å². The smallest absolute Gasteiger partial charge is 0.260 e. The highest BCUT2D eigenvalue weighted by Gasteiger charge is 2.20. The average Bonchev–Trinajstić information content (AvgIpc) is 3.56. The molecule has 202 valence electrons. The van der Waals surface area contributed by atoms with Crippen molar-refractivity contribution in [2.24, 2.45) is 4.99 Å². The second-order valence-electron chi connectivity index (χ2n) is 10.2. The number of aromatic nitrogens is 2. The van der Waals surface area contributed by atoms with Gasteiger partial charge in [0.05, 0.1) is 11.8 Å². The SMILES string of the molecule is CN1CCCN(C)C(=O)COc2cc(ccc2OCC(=O)NC2CCCC2)Nc2ncnc3c2=C(CN=3)C1. The van der Waals surface area contributed by atoms with Gasteiger partial charge in [-0.15, -0.1) is 0 Å². The van der Waals surface area contributed by atoms with E-state index in [9.17, 15) is 9.59 Å². The van der Waals surface area contributed by atoms with Crippen molar-refractivity contribution in [3.8, 4) is 11.5 Å². The highest BCUT2D eigenvalue weighted by atomic mass is 16.5. The maximum atomic E-state index is 12.8. The fourth-order valence-corrected chi connectivity index (χ4v) is 5.09. The zero-order chi connectivity index (χ0) is 26.5. The Morgan fingerprint density at radius 2 is 2.03 bits per heavy atom. The molecule has 0 atom stereocenters. The third kappa shape index (κ3) is 6.21. The Morgan fingerprint density at radius 1 is 1.18 bits per heavy atom. The van der Waals surface area contributed by atoms with E-state index in [1.165, 1.54) is 6.33 Å². The number of rotatable bonds is 4. The van der Waals surface area contributed by atoms with E-state index in [2.05, 4.69) is 37.5 Å². The summed E-state index contributed by atoms with van der Waals surface area (Å²) in [5.74, 6) is 1.14. The van der Waals surface area contributed by atoms with Gasteiger partial charge in [0.1, 0.15) is 12.1 Å². The predicted molar refractivity (Wildman–Crippen MR) is 142 cm³/mol. The Labute approximate surface area is 221 Å². The van der Waals surface area contributed by atoms with Crippen molar-refractivity contribution in [2.45, 2.75) is 38.1 Å². The fourth-order valence-electron chi connectivity index (χ4n) is 5.09. The third-order valence-electron chi connectivity index (χ3n) is 7.16. The molecule has 11 heteroatoms. The number of carbonyl (C=O) groups is 2. The molecular formula is C27H35N7O4. The van der Waals surface area contributed by atoms with Crippen LogP contribution in [0.2, 0.25) is 0 Å². The summed E-state index contributed by atoms with van der Waals surface area (Å²) in [5.41, 5.74) is 2.53. The van der Waals surface area contributed by atoms with Crippen LogP contribution in [0.1, 0.15) is 32.1 Å². The van der Waals surface area contributed by atoms with Crippen LogP contribution in [-0.4, -0.2) is 91.1 Å². The van der Waals surface area contributed by atoms with Gasteiger partial charge in [-0.05, 0) is 50.6 Å². The molecule has 0 saturated heterocycles. The molecule has 2 bridgehead atoms. The average molecular weight is 522 g/mol. The largest absolute Gasteiger partial charge is 0.480 e. The fraction of sp³-hybridized carbons (Fsp3) is 0.519. The number of anilines is 2. The molecule has 38 heavy (non-hydrogen) atoms. The summed E-state index contributed by atoms with van der Waals surface area (Å²) in [4.78, 5) is 42.6. The highest BCUT2D eigenvalue weighted by molar-refractivity contribution is 5.78. The molecule has 0 spiro atoms. The van der Waals surface area contributed by atoms with Crippen molar-refractivity contribution in [1.29, 1.82) is 0 Å². The van der Waals surface area contributed by atoms with Crippen LogP contribution in [0.5, 0.6) is 11.5 Å². The van der Waals surface area contributed by atoms with E-state index in [4.69, 9.17) is 9.47 Å². The van der Waals surface area contributed by atoms with E-state index in [1.54, 1.807) is 24.1 Å². The first-order chi connectivity index (χ1) is 18.5. The maximum Gasteiger partial charge on any atom is 0.260 e. The Hall–Kier alpha value is -3.73. The number of hydrogen-bond acceptors (Lipinski definition) is 9.